The Hall–Kier alpha value is -4.99. The van der Waals surface area contributed by atoms with Gasteiger partial charge in [0.1, 0.15) is 11.5 Å². The van der Waals surface area contributed by atoms with Crippen molar-refractivity contribution in [1.82, 2.24) is 0 Å². The smallest absolute Gasteiger partial charge is 0.310 e. The zero-order valence-electron chi connectivity index (χ0n) is 19.7. The molecule has 1 aliphatic rings. The number of hydrogen-bond donors (Lipinski definition) is 2. The Balaban J connectivity index is 1.80. The highest BCUT2D eigenvalue weighted by Crippen LogP contribution is 2.42. The number of ketones is 1. The van der Waals surface area contributed by atoms with Gasteiger partial charge in [0, 0.05) is 23.4 Å². The van der Waals surface area contributed by atoms with Crippen LogP contribution in [-0.4, -0.2) is 39.4 Å². The van der Waals surface area contributed by atoms with Gasteiger partial charge in [-0.3, -0.25) is 29.4 Å². The minimum absolute atomic E-state index is 0.0283. The number of benzene rings is 3. The molecule has 4 rings (SSSR count). The van der Waals surface area contributed by atoms with E-state index in [2.05, 4.69) is 0 Å². The molecule has 0 saturated carbocycles. The summed E-state index contributed by atoms with van der Waals surface area (Å²) in [6.45, 7) is 1.96. The summed E-state index contributed by atoms with van der Waals surface area (Å²) in [7, 11) is 0. The molecule has 0 aliphatic carbocycles. The first kappa shape index (κ1) is 25.1. The van der Waals surface area contributed by atoms with Crippen molar-refractivity contribution in [2.45, 2.75) is 19.4 Å². The number of phenolic OH excluding ortho intramolecular Hbond substituents is 1. The number of amides is 1. The Morgan fingerprint density at radius 2 is 1.62 bits per heavy atom. The lowest BCUT2D eigenvalue weighted by Gasteiger charge is -2.25. The molecule has 10 nitrogen and oxygen atoms in total. The summed E-state index contributed by atoms with van der Waals surface area (Å²) < 4.78 is 4.95. The van der Waals surface area contributed by atoms with Gasteiger partial charge in [0.15, 0.2) is 0 Å². The van der Waals surface area contributed by atoms with E-state index in [1.54, 1.807) is 31.2 Å². The predicted octanol–water partition coefficient (Wildman–Crippen LogP) is 4.03. The number of non-ortho nitro benzene ring substituents is 1. The molecule has 0 spiro atoms. The normalized spacial score (nSPS) is 16.6. The molecule has 0 bridgehead atoms. The highest BCUT2D eigenvalue weighted by atomic mass is 16.6. The number of esters is 1. The third kappa shape index (κ3) is 5.03. The predicted molar refractivity (Wildman–Crippen MR) is 133 cm³/mol. The van der Waals surface area contributed by atoms with Gasteiger partial charge in [0.25, 0.3) is 17.4 Å². The molecular formula is C27H22N2O8. The number of aliphatic hydroxyl groups excluding tert-OH is 1. The second-order valence-corrected chi connectivity index (χ2v) is 8.21. The van der Waals surface area contributed by atoms with Crippen LogP contribution in [0.2, 0.25) is 0 Å². The second kappa shape index (κ2) is 10.3. The zero-order valence-corrected chi connectivity index (χ0v) is 19.7. The number of nitro benzene ring substituents is 1. The second-order valence-electron chi connectivity index (χ2n) is 8.21. The summed E-state index contributed by atoms with van der Waals surface area (Å²) in [6.07, 6.45) is 0.0362. The van der Waals surface area contributed by atoms with E-state index in [1.165, 1.54) is 53.4 Å². The molecule has 3 aromatic carbocycles. The number of anilines is 1. The van der Waals surface area contributed by atoms with Crippen LogP contribution in [0, 0.1) is 10.1 Å². The Labute approximate surface area is 211 Å². The number of nitrogens with zero attached hydrogens (tertiary/aromatic N) is 2. The van der Waals surface area contributed by atoms with E-state index < -0.39 is 34.4 Å². The minimum atomic E-state index is -1.05. The van der Waals surface area contributed by atoms with Crippen molar-refractivity contribution in [1.29, 1.82) is 0 Å². The summed E-state index contributed by atoms with van der Waals surface area (Å²) in [6, 6.07) is 16.2. The molecule has 37 heavy (non-hydrogen) atoms. The van der Waals surface area contributed by atoms with Crippen molar-refractivity contribution in [2.75, 3.05) is 11.5 Å². The molecule has 1 fully saturated rings. The third-order valence-electron chi connectivity index (χ3n) is 5.87. The number of aromatic hydroxyl groups is 1. The van der Waals surface area contributed by atoms with Gasteiger partial charge in [0.05, 0.1) is 29.6 Å². The largest absolute Gasteiger partial charge is 0.508 e. The number of ether oxygens (including phenoxy) is 1. The number of carbonyl (C=O) groups is 3. The van der Waals surface area contributed by atoms with Gasteiger partial charge >= 0.3 is 5.97 Å². The van der Waals surface area contributed by atoms with Crippen molar-refractivity contribution >= 4 is 34.8 Å². The van der Waals surface area contributed by atoms with Gasteiger partial charge in [-0.15, -0.1) is 0 Å². The first-order chi connectivity index (χ1) is 17.7. The van der Waals surface area contributed by atoms with Crippen LogP contribution < -0.4 is 4.90 Å². The van der Waals surface area contributed by atoms with E-state index >= 15 is 0 Å². The fourth-order valence-electron chi connectivity index (χ4n) is 4.12. The van der Waals surface area contributed by atoms with Crippen molar-refractivity contribution in [3.05, 3.63) is 105 Å². The SMILES string of the molecule is CCOC(=O)Cc1ccc(N2C(=O)C(=O)/C(=C(\O)c3ccc([N+](=O)[O-])cc3)C2c2ccc(O)cc2)cc1. The van der Waals surface area contributed by atoms with Crippen LogP contribution in [0.15, 0.2) is 78.4 Å². The lowest BCUT2D eigenvalue weighted by Crippen LogP contribution is -2.29. The van der Waals surface area contributed by atoms with E-state index in [0.717, 1.165) is 0 Å². The third-order valence-corrected chi connectivity index (χ3v) is 5.87. The van der Waals surface area contributed by atoms with Gasteiger partial charge in [-0.1, -0.05) is 24.3 Å². The molecule has 1 unspecified atom stereocenters. The number of nitro groups is 1. The van der Waals surface area contributed by atoms with Gasteiger partial charge in [-0.2, -0.15) is 0 Å². The fourth-order valence-corrected chi connectivity index (χ4v) is 4.12. The highest BCUT2D eigenvalue weighted by Gasteiger charge is 2.47. The molecule has 1 saturated heterocycles. The van der Waals surface area contributed by atoms with Crippen molar-refractivity contribution in [3.63, 3.8) is 0 Å². The van der Waals surface area contributed by atoms with Crippen molar-refractivity contribution in [2.24, 2.45) is 0 Å². The standard InChI is InChI=1S/C27H22N2O8/c1-2-37-22(31)15-16-3-9-19(10-4-16)28-24(17-7-13-21(30)14-8-17)23(26(33)27(28)34)25(32)18-5-11-20(12-6-18)29(35)36/h3-14,24,30,32H,2,15H2,1H3/b25-23-. The van der Waals surface area contributed by atoms with Crippen LogP contribution in [0.1, 0.15) is 29.7 Å². The Bertz CT molecular complexity index is 1390. The molecule has 1 atom stereocenters. The number of carbonyl (C=O) groups excluding carboxylic acids is 3. The zero-order chi connectivity index (χ0) is 26.7. The molecular weight excluding hydrogens is 480 g/mol. The van der Waals surface area contributed by atoms with E-state index in [9.17, 15) is 34.7 Å². The van der Waals surface area contributed by atoms with Gasteiger partial charge in [0.2, 0.25) is 0 Å². The molecule has 3 aromatic rings. The Morgan fingerprint density at radius 1 is 1.00 bits per heavy atom. The summed E-state index contributed by atoms with van der Waals surface area (Å²) in [4.78, 5) is 49.8. The molecule has 0 radical (unpaired) electrons. The van der Waals surface area contributed by atoms with Crippen LogP contribution in [0.3, 0.4) is 0 Å². The van der Waals surface area contributed by atoms with Crippen molar-refractivity contribution < 1.29 is 34.3 Å². The quantitative estimate of drug-likeness (QED) is 0.123. The van der Waals surface area contributed by atoms with E-state index in [0.29, 0.717) is 16.8 Å². The van der Waals surface area contributed by atoms with Crippen LogP contribution >= 0.6 is 0 Å². The van der Waals surface area contributed by atoms with Gasteiger partial charge in [-0.05, 0) is 54.4 Å². The Kier molecular flexibility index (Phi) is 7.01. The van der Waals surface area contributed by atoms with Crippen LogP contribution in [0.25, 0.3) is 5.76 Å². The van der Waals surface area contributed by atoms with E-state index in [-0.39, 0.29) is 35.6 Å². The number of rotatable bonds is 7. The average molecular weight is 502 g/mol. The maximum Gasteiger partial charge on any atom is 0.310 e. The number of phenols is 1. The maximum absolute atomic E-state index is 13.2. The summed E-state index contributed by atoms with van der Waals surface area (Å²) in [5.41, 5.74) is 1.14. The molecule has 2 N–H and O–H groups in total. The first-order valence-corrected chi connectivity index (χ1v) is 11.3. The topological polar surface area (TPSA) is 147 Å². The maximum atomic E-state index is 13.2. The molecule has 188 valence electrons. The molecule has 0 aromatic heterocycles. The molecule has 10 heteroatoms. The highest BCUT2D eigenvalue weighted by molar-refractivity contribution is 6.51. The molecule has 1 heterocycles. The number of aliphatic hydroxyl groups is 1. The minimum Gasteiger partial charge on any atom is -0.508 e. The lowest BCUT2D eigenvalue weighted by molar-refractivity contribution is -0.384. The summed E-state index contributed by atoms with van der Waals surface area (Å²) >= 11 is 0. The average Bonchev–Trinajstić information content (AvgIpc) is 3.15. The van der Waals surface area contributed by atoms with Crippen molar-refractivity contribution in [3.8, 4) is 5.75 Å². The lowest BCUT2D eigenvalue weighted by atomic mass is 9.95. The Morgan fingerprint density at radius 3 is 2.19 bits per heavy atom. The molecule has 1 amide bonds. The van der Waals surface area contributed by atoms with Gasteiger partial charge in [-0.25, -0.2) is 0 Å². The van der Waals surface area contributed by atoms with Gasteiger partial charge < -0.3 is 14.9 Å². The van der Waals surface area contributed by atoms with E-state index in [4.69, 9.17) is 4.74 Å². The molecule has 1 aliphatic heterocycles. The number of Topliss-reactive ketones (excluding diaryl/α,β-unsaturated/α-hetero) is 1. The van der Waals surface area contributed by atoms with Crippen LogP contribution in [0.4, 0.5) is 11.4 Å². The number of hydrogen-bond acceptors (Lipinski definition) is 8. The van der Waals surface area contributed by atoms with Crippen LogP contribution in [0.5, 0.6) is 5.75 Å². The summed E-state index contributed by atoms with van der Waals surface area (Å²) in [5.74, 6) is -2.75. The first-order valence-electron chi connectivity index (χ1n) is 11.3. The monoisotopic (exact) mass is 502 g/mol. The summed E-state index contributed by atoms with van der Waals surface area (Å²) in [5, 5.41) is 31.8. The van der Waals surface area contributed by atoms with E-state index in [1.807, 2.05) is 0 Å². The fraction of sp³-hybridized carbons (Fsp3) is 0.148. The van der Waals surface area contributed by atoms with Crippen LogP contribution in [-0.2, 0) is 25.5 Å².